The van der Waals surface area contributed by atoms with Gasteiger partial charge in [0.05, 0.1) is 23.6 Å². The Hall–Kier alpha value is -2.44. The molecular formula is C15H21N5O2. The summed E-state index contributed by atoms with van der Waals surface area (Å²) in [5.74, 6) is 0.353. The predicted molar refractivity (Wildman–Crippen MR) is 85.7 cm³/mol. The Labute approximate surface area is 129 Å². The van der Waals surface area contributed by atoms with E-state index in [1.165, 1.54) is 4.57 Å². The molecule has 0 amide bonds. The molecule has 0 saturated heterocycles. The zero-order valence-electron chi connectivity index (χ0n) is 13.8. The number of hydrogen-bond acceptors (Lipinski definition) is 5. The monoisotopic (exact) mass is 303 g/mol. The van der Waals surface area contributed by atoms with E-state index in [1.807, 2.05) is 41.8 Å². The maximum atomic E-state index is 12.2. The number of aryl methyl sites for hydroxylation is 1. The lowest BCUT2D eigenvalue weighted by Crippen LogP contribution is -2.26. The SMILES string of the molecule is Cc1cn(C(=O)OC(C)(C)C)c2cnc(N=CN(C)C)nc12. The third-order valence-corrected chi connectivity index (χ3v) is 2.71. The van der Waals surface area contributed by atoms with E-state index >= 15 is 0 Å². The highest BCUT2D eigenvalue weighted by molar-refractivity contribution is 5.89. The highest BCUT2D eigenvalue weighted by Crippen LogP contribution is 2.21. The zero-order chi connectivity index (χ0) is 16.5. The van der Waals surface area contributed by atoms with Gasteiger partial charge in [-0.05, 0) is 33.3 Å². The van der Waals surface area contributed by atoms with Crippen LogP contribution in [0.2, 0.25) is 0 Å². The van der Waals surface area contributed by atoms with Crippen molar-refractivity contribution >= 4 is 29.4 Å². The first-order valence-electron chi connectivity index (χ1n) is 6.96. The van der Waals surface area contributed by atoms with Gasteiger partial charge in [-0.15, -0.1) is 0 Å². The molecular weight excluding hydrogens is 282 g/mol. The van der Waals surface area contributed by atoms with Crippen LogP contribution >= 0.6 is 0 Å². The van der Waals surface area contributed by atoms with E-state index in [9.17, 15) is 4.79 Å². The Morgan fingerprint density at radius 1 is 1.41 bits per heavy atom. The molecule has 0 bridgehead atoms. The van der Waals surface area contributed by atoms with Crippen LogP contribution in [0.15, 0.2) is 17.4 Å². The lowest BCUT2D eigenvalue weighted by molar-refractivity contribution is 0.0544. The van der Waals surface area contributed by atoms with Gasteiger partial charge in [0.1, 0.15) is 5.60 Å². The molecule has 118 valence electrons. The summed E-state index contributed by atoms with van der Waals surface area (Å²) in [6.07, 6.45) is 4.47. The van der Waals surface area contributed by atoms with Crippen LogP contribution in [0.4, 0.5) is 10.7 Å². The molecule has 2 aromatic heterocycles. The number of rotatable bonds is 2. The van der Waals surface area contributed by atoms with Crippen LogP contribution in [-0.4, -0.2) is 51.6 Å². The summed E-state index contributed by atoms with van der Waals surface area (Å²) in [7, 11) is 3.73. The number of nitrogens with zero attached hydrogens (tertiary/aromatic N) is 5. The number of ether oxygens (including phenoxy) is 1. The maximum absolute atomic E-state index is 12.2. The topological polar surface area (TPSA) is 72.6 Å². The molecule has 0 aliphatic carbocycles. The Bertz CT molecular complexity index is 725. The first-order chi connectivity index (χ1) is 10.2. The molecule has 7 heteroatoms. The van der Waals surface area contributed by atoms with Crippen LogP contribution in [0.1, 0.15) is 26.3 Å². The summed E-state index contributed by atoms with van der Waals surface area (Å²) < 4.78 is 6.81. The molecule has 0 aliphatic heterocycles. The summed E-state index contributed by atoms with van der Waals surface area (Å²) in [4.78, 5) is 26.7. The molecule has 0 N–H and O–H groups in total. The van der Waals surface area contributed by atoms with Gasteiger partial charge < -0.3 is 9.64 Å². The van der Waals surface area contributed by atoms with Gasteiger partial charge in [0, 0.05) is 20.3 Å². The van der Waals surface area contributed by atoms with Crippen LogP contribution < -0.4 is 0 Å². The number of carbonyl (C=O) groups excluding carboxylic acids is 1. The van der Waals surface area contributed by atoms with Crippen molar-refractivity contribution in [2.24, 2.45) is 4.99 Å². The first kappa shape index (κ1) is 15.9. The molecule has 2 aromatic rings. The highest BCUT2D eigenvalue weighted by Gasteiger charge is 2.20. The van der Waals surface area contributed by atoms with Gasteiger partial charge in [-0.2, -0.15) is 0 Å². The molecule has 0 spiro atoms. The van der Waals surface area contributed by atoms with E-state index in [0.717, 1.165) is 5.56 Å². The second-order valence-corrected chi connectivity index (χ2v) is 6.27. The van der Waals surface area contributed by atoms with E-state index in [0.29, 0.717) is 17.0 Å². The standard InChI is InChI=1S/C15H21N5O2/c1-10-8-20(14(21)22-15(2,3)4)11-7-16-13(18-12(10)11)17-9-19(5)6/h7-9H,1-6H3. The van der Waals surface area contributed by atoms with Crippen molar-refractivity contribution in [1.29, 1.82) is 0 Å². The summed E-state index contributed by atoms with van der Waals surface area (Å²) in [6, 6.07) is 0. The van der Waals surface area contributed by atoms with Crippen molar-refractivity contribution in [2.75, 3.05) is 14.1 Å². The van der Waals surface area contributed by atoms with Crippen molar-refractivity contribution in [3.8, 4) is 0 Å². The number of carbonyl (C=O) groups is 1. The van der Waals surface area contributed by atoms with Crippen LogP contribution in [0, 0.1) is 6.92 Å². The van der Waals surface area contributed by atoms with Gasteiger partial charge in [-0.1, -0.05) is 0 Å². The molecule has 22 heavy (non-hydrogen) atoms. The third-order valence-electron chi connectivity index (χ3n) is 2.71. The molecule has 7 nitrogen and oxygen atoms in total. The zero-order valence-corrected chi connectivity index (χ0v) is 13.8. The Balaban J connectivity index is 2.41. The molecule has 0 atom stereocenters. The minimum atomic E-state index is -0.557. The molecule has 2 heterocycles. The largest absolute Gasteiger partial charge is 0.443 e. The van der Waals surface area contributed by atoms with E-state index < -0.39 is 11.7 Å². The maximum Gasteiger partial charge on any atom is 0.419 e. The molecule has 0 unspecified atom stereocenters. The summed E-state index contributed by atoms with van der Waals surface area (Å²) in [5.41, 5.74) is 1.60. The summed E-state index contributed by atoms with van der Waals surface area (Å²) >= 11 is 0. The minimum absolute atomic E-state index is 0.353. The fraction of sp³-hybridized carbons (Fsp3) is 0.467. The van der Waals surface area contributed by atoms with Crippen LogP contribution in [0.5, 0.6) is 0 Å². The predicted octanol–water partition coefficient (Wildman–Crippen LogP) is 2.74. The Kier molecular flexibility index (Phi) is 4.16. The van der Waals surface area contributed by atoms with Crippen molar-refractivity contribution in [3.63, 3.8) is 0 Å². The van der Waals surface area contributed by atoms with Gasteiger partial charge in [0.25, 0.3) is 5.95 Å². The van der Waals surface area contributed by atoms with E-state index in [2.05, 4.69) is 15.0 Å². The number of aromatic nitrogens is 3. The van der Waals surface area contributed by atoms with Crippen LogP contribution in [0.25, 0.3) is 11.0 Å². The number of aliphatic imine (C=N–C) groups is 1. The van der Waals surface area contributed by atoms with Crippen molar-refractivity contribution < 1.29 is 9.53 Å². The first-order valence-corrected chi connectivity index (χ1v) is 6.96. The summed E-state index contributed by atoms with van der Waals surface area (Å²) in [5, 5.41) is 0. The summed E-state index contributed by atoms with van der Waals surface area (Å²) in [6.45, 7) is 7.37. The van der Waals surface area contributed by atoms with Crippen LogP contribution in [-0.2, 0) is 4.74 Å². The molecule has 0 aliphatic rings. The van der Waals surface area contributed by atoms with Crippen LogP contribution in [0.3, 0.4) is 0 Å². The molecule has 0 saturated carbocycles. The molecule has 2 rings (SSSR count). The van der Waals surface area contributed by atoms with E-state index in [1.54, 1.807) is 23.6 Å². The number of hydrogen-bond donors (Lipinski definition) is 0. The smallest absolute Gasteiger partial charge is 0.419 e. The third kappa shape index (κ3) is 3.60. The minimum Gasteiger partial charge on any atom is -0.443 e. The number of fused-ring (bicyclic) bond motifs is 1. The fourth-order valence-electron chi connectivity index (χ4n) is 1.85. The lowest BCUT2D eigenvalue weighted by atomic mass is 10.2. The van der Waals surface area contributed by atoms with Gasteiger partial charge >= 0.3 is 6.09 Å². The van der Waals surface area contributed by atoms with Gasteiger partial charge in [-0.3, -0.25) is 0 Å². The Morgan fingerprint density at radius 3 is 2.68 bits per heavy atom. The average Bonchev–Trinajstić information content (AvgIpc) is 2.72. The van der Waals surface area contributed by atoms with E-state index in [-0.39, 0.29) is 0 Å². The normalized spacial score (nSPS) is 12.1. The lowest BCUT2D eigenvalue weighted by Gasteiger charge is -2.19. The van der Waals surface area contributed by atoms with Gasteiger partial charge in [0.2, 0.25) is 0 Å². The van der Waals surface area contributed by atoms with E-state index in [4.69, 9.17) is 4.74 Å². The molecule has 0 radical (unpaired) electrons. The quantitative estimate of drug-likeness (QED) is 0.630. The fourth-order valence-corrected chi connectivity index (χ4v) is 1.85. The van der Waals surface area contributed by atoms with Crippen molar-refractivity contribution in [1.82, 2.24) is 19.4 Å². The second kappa shape index (κ2) is 5.75. The second-order valence-electron chi connectivity index (χ2n) is 6.27. The van der Waals surface area contributed by atoms with Crippen molar-refractivity contribution in [2.45, 2.75) is 33.3 Å². The van der Waals surface area contributed by atoms with Gasteiger partial charge in [-0.25, -0.2) is 24.3 Å². The van der Waals surface area contributed by atoms with Gasteiger partial charge in [0.15, 0.2) is 0 Å². The molecule has 0 aromatic carbocycles. The Morgan fingerprint density at radius 2 is 2.09 bits per heavy atom. The average molecular weight is 303 g/mol. The highest BCUT2D eigenvalue weighted by atomic mass is 16.6. The van der Waals surface area contributed by atoms with Crippen molar-refractivity contribution in [3.05, 3.63) is 18.0 Å². The molecule has 0 fully saturated rings.